The summed E-state index contributed by atoms with van der Waals surface area (Å²) >= 11 is 7.52. The predicted molar refractivity (Wildman–Crippen MR) is 85.0 cm³/mol. The first-order chi connectivity index (χ1) is 10.7. The molecule has 1 aromatic carbocycles. The Balaban J connectivity index is 1.76. The lowest BCUT2D eigenvalue weighted by Gasteiger charge is -2.11. The van der Waals surface area contributed by atoms with Crippen molar-refractivity contribution in [3.05, 3.63) is 35.1 Å². The number of rotatable bonds is 6. The summed E-state index contributed by atoms with van der Waals surface area (Å²) in [7, 11) is 0. The van der Waals surface area contributed by atoms with Crippen molar-refractivity contribution in [2.24, 2.45) is 0 Å². The zero-order valence-corrected chi connectivity index (χ0v) is 13.6. The van der Waals surface area contributed by atoms with Crippen LogP contribution in [-0.4, -0.2) is 20.0 Å². The highest BCUT2D eigenvalue weighted by molar-refractivity contribution is 8.00. The number of thioether (sulfide) groups is 1. The molecule has 0 saturated heterocycles. The Hall–Kier alpha value is -1.71. The summed E-state index contributed by atoms with van der Waals surface area (Å²) in [5.74, 6) is 1.41. The second kappa shape index (κ2) is 6.59. The molecule has 1 saturated carbocycles. The van der Waals surface area contributed by atoms with E-state index in [0.29, 0.717) is 23.4 Å². The van der Waals surface area contributed by atoms with E-state index in [0.717, 1.165) is 23.8 Å². The molecule has 22 heavy (non-hydrogen) atoms. The topological polar surface area (TPSA) is 63.7 Å². The molecule has 7 heteroatoms. The molecule has 0 bridgehead atoms. The smallest absolute Gasteiger partial charge is 0.192 e. The monoisotopic (exact) mass is 334 g/mol. The van der Waals surface area contributed by atoms with Crippen LogP contribution in [0.3, 0.4) is 0 Å². The number of hydrogen-bond acceptors (Lipinski definition) is 5. The van der Waals surface area contributed by atoms with Crippen LogP contribution >= 0.6 is 23.4 Å². The summed E-state index contributed by atoms with van der Waals surface area (Å²) < 4.78 is 7.85. The van der Waals surface area contributed by atoms with Gasteiger partial charge in [0.05, 0.1) is 16.3 Å². The Morgan fingerprint density at radius 3 is 2.91 bits per heavy atom. The molecule has 0 amide bonds. The van der Waals surface area contributed by atoms with E-state index in [4.69, 9.17) is 21.6 Å². The Labute approximate surface area is 138 Å². The van der Waals surface area contributed by atoms with E-state index in [9.17, 15) is 0 Å². The molecule has 0 N–H and O–H groups in total. The lowest BCUT2D eigenvalue weighted by Crippen LogP contribution is -2.08. The first-order valence-electron chi connectivity index (χ1n) is 7.06. The van der Waals surface area contributed by atoms with Crippen LogP contribution in [0.1, 0.15) is 31.6 Å². The van der Waals surface area contributed by atoms with Gasteiger partial charge in [0.1, 0.15) is 12.4 Å². The van der Waals surface area contributed by atoms with Crippen LogP contribution in [0.5, 0.6) is 5.75 Å². The summed E-state index contributed by atoms with van der Waals surface area (Å²) in [5.41, 5.74) is 0. The summed E-state index contributed by atoms with van der Waals surface area (Å²) in [6.07, 6.45) is 2.23. The molecular weight excluding hydrogens is 320 g/mol. The van der Waals surface area contributed by atoms with Crippen LogP contribution < -0.4 is 4.74 Å². The summed E-state index contributed by atoms with van der Waals surface area (Å²) in [4.78, 5) is 0. The molecule has 1 unspecified atom stereocenters. The molecule has 0 spiro atoms. The van der Waals surface area contributed by atoms with Crippen molar-refractivity contribution in [2.45, 2.75) is 42.8 Å². The minimum Gasteiger partial charge on any atom is -0.484 e. The van der Waals surface area contributed by atoms with Crippen molar-refractivity contribution in [1.29, 1.82) is 5.26 Å². The fourth-order valence-corrected chi connectivity index (χ4v) is 3.09. The highest BCUT2D eigenvalue weighted by Crippen LogP contribution is 2.39. The fourth-order valence-electron chi connectivity index (χ4n) is 2.07. The SMILES string of the molecule is CC(C#N)Sc1nnc(COc2ccccc2Cl)n1C1CC1. The summed E-state index contributed by atoms with van der Waals surface area (Å²) in [6, 6.07) is 9.99. The molecule has 2 aromatic rings. The van der Waals surface area contributed by atoms with E-state index in [1.807, 2.05) is 25.1 Å². The molecule has 1 fully saturated rings. The quantitative estimate of drug-likeness (QED) is 0.751. The Morgan fingerprint density at radius 2 is 2.23 bits per heavy atom. The lowest BCUT2D eigenvalue weighted by molar-refractivity contribution is 0.288. The number of nitriles is 1. The van der Waals surface area contributed by atoms with E-state index in [1.165, 1.54) is 11.8 Å². The Kier molecular flexibility index (Phi) is 4.55. The number of nitrogens with zero attached hydrogens (tertiary/aromatic N) is 4. The lowest BCUT2D eigenvalue weighted by atomic mass is 10.3. The van der Waals surface area contributed by atoms with Gasteiger partial charge in [0, 0.05) is 6.04 Å². The molecular formula is C15H15ClN4OS. The Morgan fingerprint density at radius 1 is 1.45 bits per heavy atom. The van der Waals surface area contributed by atoms with E-state index in [1.54, 1.807) is 6.07 Å². The second-order valence-electron chi connectivity index (χ2n) is 5.11. The van der Waals surface area contributed by atoms with Gasteiger partial charge in [-0.15, -0.1) is 10.2 Å². The number of ether oxygens (including phenoxy) is 1. The van der Waals surface area contributed by atoms with Crippen molar-refractivity contribution in [1.82, 2.24) is 14.8 Å². The highest BCUT2D eigenvalue weighted by atomic mass is 35.5. The average molecular weight is 335 g/mol. The molecule has 1 atom stereocenters. The maximum Gasteiger partial charge on any atom is 0.192 e. The summed E-state index contributed by atoms with van der Waals surface area (Å²) in [5, 5.41) is 18.6. The third kappa shape index (κ3) is 3.37. The largest absolute Gasteiger partial charge is 0.484 e. The zero-order valence-electron chi connectivity index (χ0n) is 12.1. The number of halogens is 1. The van der Waals surface area contributed by atoms with E-state index in [2.05, 4.69) is 20.8 Å². The molecule has 1 aliphatic rings. The molecule has 1 aliphatic carbocycles. The minimum atomic E-state index is -0.154. The van der Waals surface area contributed by atoms with Crippen molar-refractivity contribution < 1.29 is 4.74 Å². The maximum atomic E-state index is 8.96. The standard InChI is InChI=1S/C15H15ClN4OS/c1-10(8-17)22-15-19-18-14(20(15)11-6-7-11)9-21-13-5-3-2-4-12(13)16/h2-5,10-11H,6-7,9H2,1H3. The van der Waals surface area contributed by atoms with Crippen molar-refractivity contribution in [2.75, 3.05) is 0 Å². The number of hydrogen-bond donors (Lipinski definition) is 0. The van der Waals surface area contributed by atoms with Gasteiger partial charge in [-0.2, -0.15) is 5.26 Å². The fraction of sp³-hybridized carbons (Fsp3) is 0.400. The molecule has 5 nitrogen and oxygen atoms in total. The molecule has 114 valence electrons. The number of aromatic nitrogens is 3. The normalized spacial score (nSPS) is 15.3. The number of para-hydroxylation sites is 1. The van der Waals surface area contributed by atoms with Gasteiger partial charge >= 0.3 is 0 Å². The second-order valence-corrected chi connectivity index (χ2v) is 6.82. The van der Waals surface area contributed by atoms with Gasteiger partial charge in [0.2, 0.25) is 0 Å². The van der Waals surface area contributed by atoms with Crippen LogP contribution in [0, 0.1) is 11.3 Å². The van der Waals surface area contributed by atoms with Crippen LogP contribution in [0.15, 0.2) is 29.4 Å². The molecule has 1 heterocycles. The third-order valence-electron chi connectivity index (χ3n) is 3.30. The van der Waals surface area contributed by atoms with Crippen molar-refractivity contribution in [3.63, 3.8) is 0 Å². The van der Waals surface area contributed by atoms with Crippen molar-refractivity contribution >= 4 is 23.4 Å². The Bertz CT molecular complexity index is 708. The van der Waals surface area contributed by atoms with Crippen molar-refractivity contribution in [3.8, 4) is 11.8 Å². The van der Waals surface area contributed by atoms with Gasteiger partial charge in [-0.05, 0) is 31.9 Å². The molecule has 1 aromatic heterocycles. The summed E-state index contributed by atoms with van der Waals surface area (Å²) in [6.45, 7) is 2.17. The van der Waals surface area contributed by atoms with Gasteiger partial charge in [-0.3, -0.25) is 4.57 Å². The first kappa shape index (κ1) is 15.2. The number of benzene rings is 1. The van der Waals surface area contributed by atoms with Gasteiger partial charge in [-0.1, -0.05) is 35.5 Å². The molecule has 0 radical (unpaired) electrons. The van der Waals surface area contributed by atoms with E-state index in [-0.39, 0.29) is 5.25 Å². The minimum absolute atomic E-state index is 0.154. The predicted octanol–water partition coefficient (Wildman–Crippen LogP) is 3.85. The van der Waals surface area contributed by atoms with Gasteiger partial charge in [0.15, 0.2) is 11.0 Å². The average Bonchev–Trinajstić information content (AvgIpc) is 3.28. The molecule has 3 rings (SSSR count). The van der Waals surface area contributed by atoms with Crippen LogP contribution in [0.2, 0.25) is 5.02 Å². The van der Waals surface area contributed by atoms with Crippen LogP contribution in [0.25, 0.3) is 0 Å². The first-order valence-corrected chi connectivity index (χ1v) is 8.32. The van der Waals surface area contributed by atoms with Gasteiger partial charge in [0.25, 0.3) is 0 Å². The van der Waals surface area contributed by atoms with Crippen LogP contribution in [0.4, 0.5) is 0 Å². The zero-order chi connectivity index (χ0) is 15.5. The van der Waals surface area contributed by atoms with Gasteiger partial charge in [-0.25, -0.2) is 0 Å². The van der Waals surface area contributed by atoms with Gasteiger partial charge < -0.3 is 4.74 Å². The van der Waals surface area contributed by atoms with E-state index >= 15 is 0 Å². The highest BCUT2D eigenvalue weighted by Gasteiger charge is 2.30. The maximum absolute atomic E-state index is 8.96. The van der Waals surface area contributed by atoms with Crippen LogP contribution in [-0.2, 0) is 6.61 Å². The third-order valence-corrected chi connectivity index (χ3v) is 4.56. The molecule has 0 aliphatic heterocycles. The van der Waals surface area contributed by atoms with E-state index < -0.39 is 0 Å².